The third-order valence-electron chi connectivity index (χ3n) is 4.41. The minimum Gasteiger partial charge on any atom is -0.351 e. The molecule has 0 saturated carbocycles. The smallest absolute Gasteiger partial charge is 0.225 e. The molecule has 0 spiro atoms. The highest BCUT2D eigenvalue weighted by molar-refractivity contribution is 5.80. The molecule has 2 heterocycles. The zero-order chi connectivity index (χ0) is 13.1. The third kappa shape index (κ3) is 2.68. The van der Waals surface area contributed by atoms with E-state index < -0.39 is 0 Å². The molecule has 0 aromatic heterocycles. The lowest BCUT2D eigenvalue weighted by atomic mass is 9.99. The maximum atomic E-state index is 12.3. The maximum Gasteiger partial charge on any atom is 0.225 e. The van der Waals surface area contributed by atoms with Gasteiger partial charge < -0.3 is 10.2 Å². The fourth-order valence-electron chi connectivity index (χ4n) is 3.21. The summed E-state index contributed by atoms with van der Waals surface area (Å²) in [6.07, 6.45) is 4.49. The summed E-state index contributed by atoms with van der Waals surface area (Å²) in [6.45, 7) is 5.69. The van der Waals surface area contributed by atoms with Crippen LogP contribution in [-0.4, -0.2) is 35.8 Å². The van der Waals surface area contributed by atoms with Gasteiger partial charge in [-0.2, -0.15) is 0 Å². The normalized spacial score (nSPS) is 27.9. The summed E-state index contributed by atoms with van der Waals surface area (Å²) in [7, 11) is 0. The Balaban J connectivity index is 1.98. The predicted molar refractivity (Wildman–Crippen MR) is 69.9 cm³/mol. The molecular formula is C14H24N2O2. The quantitative estimate of drug-likeness (QED) is 0.828. The topological polar surface area (TPSA) is 49.4 Å². The van der Waals surface area contributed by atoms with Crippen LogP contribution in [0.5, 0.6) is 0 Å². The van der Waals surface area contributed by atoms with Crippen LogP contribution >= 0.6 is 0 Å². The van der Waals surface area contributed by atoms with Crippen LogP contribution in [0, 0.1) is 11.8 Å². The molecule has 18 heavy (non-hydrogen) atoms. The minimum absolute atomic E-state index is 0.152. The van der Waals surface area contributed by atoms with Crippen LogP contribution in [0.2, 0.25) is 0 Å². The van der Waals surface area contributed by atoms with Gasteiger partial charge in [0.05, 0.1) is 6.04 Å². The van der Waals surface area contributed by atoms with Crippen molar-refractivity contribution in [2.45, 2.75) is 52.0 Å². The summed E-state index contributed by atoms with van der Waals surface area (Å²) in [5.74, 6) is 1.06. The first-order chi connectivity index (χ1) is 8.65. The average Bonchev–Trinajstić information content (AvgIpc) is 2.66. The predicted octanol–water partition coefficient (Wildman–Crippen LogP) is 1.55. The van der Waals surface area contributed by atoms with E-state index in [2.05, 4.69) is 19.2 Å². The van der Waals surface area contributed by atoms with Crippen LogP contribution in [0.3, 0.4) is 0 Å². The van der Waals surface area contributed by atoms with Gasteiger partial charge in [-0.1, -0.05) is 13.8 Å². The highest BCUT2D eigenvalue weighted by Crippen LogP contribution is 2.27. The Kier molecular flexibility index (Phi) is 4.25. The highest BCUT2D eigenvalue weighted by Gasteiger charge is 2.38. The Hall–Kier alpha value is -1.06. The molecule has 4 nitrogen and oxygen atoms in total. The van der Waals surface area contributed by atoms with E-state index in [1.54, 1.807) is 0 Å². The van der Waals surface area contributed by atoms with Crippen LogP contribution in [0.1, 0.15) is 46.0 Å². The number of nitrogens with zero attached hydrogens (tertiary/aromatic N) is 1. The number of carbonyl (C=O) groups is 2. The van der Waals surface area contributed by atoms with Crippen molar-refractivity contribution in [1.82, 2.24) is 10.2 Å². The fourth-order valence-corrected chi connectivity index (χ4v) is 3.21. The molecule has 4 heteroatoms. The van der Waals surface area contributed by atoms with E-state index in [9.17, 15) is 9.59 Å². The Bertz CT molecular complexity index is 326. The van der Waals surface area contributed by atoms with Gasteiger partial charge in [-0.25, -0.2) is 0 Å². The van der Waals surface area contributed by atoms with Gasteiger partial charge in [0, 0.05) is 25.4 Å². The molecule has 2 fully saturated rings. The van der Waals surface area contributed by atoms with Gasteiger partial charge in [0.15, 0.2) is 0 Å². The molecule has 102 valence electrons. The van der Waals surface area contributed by atoms with Gasteiger partial charge >= 0.3 is 0 Å². The van der Waals surface area contributed by atoms with Crippen molar-refractivity contribution >= 4 is 11.8 Å². The van der Waals surface area contributed by atoms with E-state index in [0.29, 0.717) is 18.9 Å². The maximum absolute atomic E-state index is 12.3. The summed E-state index contributed by atoms with van der Waals surface area (Å²) in [5, 5.41) is 3.07. The van der Waals surface area contributed by atoms with Gasteiger partial charge in [0.2, 0.25) is 11.8 Å². The molecule has 0 aromatic rings. The fraction of sp³-hybridized carbons (Fsp3) is 0.857. The van der Waals surface area contributed by atoms with E-state index in [4.69, 9.17) is 0 Å². The van der Waals surface area contributed by atoms with Crippen molar-refractivity contribution in [2.75, 3.05) is 13.1 Å². The summed E-state index contributed by atoms with van der Waals surface area (Å²) < 4.78 is 0. The number of nitrogens with one attached hydrogen (secondary N) is 1. The van der Waals surface area contributed by atoms with Crippen LogP contribution in [0.4, 0.5) is 0 Å². The summed E-state index contributed by atoms with van der Waals surface area (Å²) in [5.41, 5.74) is 0. The minimum atomic E-state index is 0.152. The van der Waals surface area contributed by atoms with Gasteiger partial charge in [-0.05, 0) is 31.6 Å². The van der Waals surface area contributed by atoms with Crippen LogP contribution < -0.4 is 5.32 Å². The first-order valence-electron chi connectivity index (χ1n) is 7.23. The summed E-state index contributed by atoms with van der Waals surface area (Å²) in [6, 6.07) is 0.193. The zero-order valence-corrected chi connectivity index (χ0v) is 11.4. The first-order valence-corrected chi connectivity index (χ1v) is 7.23. The molecule has 2 aliphatic heterocycles. The van der Waals surface area contributed by atoms with Crippen LogP contribution in [0.25, 0.3) is 0 Å². The number of hydrogen-bond acceptors (Lipinski definition) is 2. The molecule has 2 atom stereocenters. The Morgan fingerprint density at radius 1 is 1.39 bits per heavy atom. The lowest BCUT2D eigenvalue weighted by Crippen LogP contribution is -2.40. The zero-order valence-electron chi connectivity index (χ0n) is 11.4. The number of fused-ring (bicyclic) bond motifs is 1. The van der Waals surface area contributed by atoms with Crippen molar-refractivity contribution in [1.29, 1.82) is 0 Å². The molecule has 2 saturated heterocycles. The van der Waals surface area contributed by atoms with Crippen molar-refractivity contribution < 1.29 is 9.59 Å². The summed E-state index contributed by atoms with van der Waals surface area (Å²) in [4.78, 5) is 25.8. The Labute approximate surface area is 109 Å². The number of carbonyl (C=O) groups excluding carboxylic acids is 2. The molecule has 0 radical (unpaired) electrons. The lowest BCUT2D eigenvalue weighted by molar-refractivity contribution is -0.135. The number of likely N-dealkylation sites (tertiary alicyclic amines) is 1. The molecule has 2 aliphatic rings. The molecule has 2 amide bonds. The molecule has 0 unspecified atom stereocenters. The number of rotatable bonds is 3. The number of hydrogen-bond donors (Lipinski definition) is 1. The molecule has 1 N–H and O–H groups in total. The molecule has 2 rings (SSSR count). The average molecular weight is 252 g/mol. The van der Waals surface area contributed by atoms with E-state index >= 15 is 0 Å². The SMILES string of the molecule is CCC(CC)C(=O)N1C[C@H]2CCCC(=O)N[C@H]2C1. The van der Waals surface area contributed by atoms with Gasteiger partial charge in [-0.3, -0.25) is 9.59 Å². The largest absolute Gasteiger partial charge is 0.351 e. The van der Waals surface area contributed by atoms with E-state index in [0.717, 1.165) is 32.2 Å². The van der Waals surface area contributed by atoms with Crippen molar-refractivity contribution in [3.8, 4) is 0 Å². The van der Waals surface area contributed by atoms with Crippen LogP contribution in [-0.2, 0) is 9.59 Å². The van der Waals surface area contributed by atoms with Crippen molar-refractivity contribution in [3.63, 3.8) is 0 Å². The summed E-state index contributed by atoms with van der Waals surface area (Å²) >= 11 is 0. The second-order valence-corrected chi connectivity index (χ2v) is 5.58. The van der Waals surface area contributed by atoms with E-state index in [1.165, 1.54) is 0 Å². The second-order valence-electron chi connectivity index (χ2n) is 5.58. The molecule has 0 aromatic carbocycles. The number of amides is 2. The molecule has 0 aliphatic carbocycles. The monoisotopic (exact) mass is 252 g/mol. The molecule has 0 bridgehead atoms. The first kappa shape index (κ1) is 13.4. The molecular weight excluding hydrogens is 228 g/mol. The lowest BCUT2D eigenvalue weighted by Gasteiger charge is -2.22. The van der Waals surface area contributed by atoms with Gasteiger partial charge in [0.25, 0.3) is 0 Å². The Morgan fingerprint density at radius 2 is 2.11 bits per heavy atom. The van der Waals surface area contributed by atoms with Gasteiger partial charge in [-0.15, -0.1) is 0 Å². The van der Waals surface area contributed by atoms with E-state index in [-0.39, 0.29) is 23.8 Å². The van der Waals surface area contributed by atoms with Gasteiger partial charge in [0.1, 0.15) is 0 Å². The van der Waals surface area contributed by atoms with Crippen LogP contribution in [0.15, 0.2) is 0 Å². The van der Waals surface area contributed by atoms with Crippen molar-refractivity contribution in [3.05, 3.63) is 0 Å². The second kappa shape index (κ2) is 5.72. The van der Waals surface area contributed by atoms with E-state index in [1.807, 2.05) is 4.90 Å². The van der Waals surface area contributed by atoms with Crippen molar-refractivity contribution in [2.24, 2.45) is 11.8 Å². The Morgan fingerprint density at radius 3 is 2.78 bits per heavy atom. The third-order valence-corrected chi connectivity index (χ3v) is 4.41. The highest BCUT2D eigenvalue weighted by atomic mass is 16.2. The standard InChI is InChI=1S/C14H24N2O2/c1-3-10(4-2)14(18)16-8-11-6-5-7-13(17)15-12(11)9-16/h10-12H,3-9H2,1-2H3,(H,15,17)/t11-,12+/m1/s1.